The number of carbonyl (C=O) groups excluding carboxylic acids is 2. The highest BCUT2D eigenvalue weighted by molar-refractivity contribution is 6.05. The lowest BCUT2D eigenvalue weighted by atomic mass is 10.0. The maximum atomic E-state index is 13.4. The molecular formula is C23H23F3N4O4. The molecule has 8 nitrogen and oxygen atoms in total. The third-order valence-corrected chi connectivity index (χ3v) is 6.31. The largest absolute Gasteiger partial charge is 0.445 e. The van der Waals surface area contributed by atoms with Crippen molar-refractivity contribution < 1.29 is 32.2 Å². The van der Waals surface area contributed by atoms with E-state index in [4.69, 9.17) is 9.47 Å². The standard InChI is InChI=1S/C23H23F3N4O4/c24-23(25,26)16-10-18-20(27-11-16)29-8-7-28(22(32)34-14-15-4-2-1-3-5-15)13-19(29)21(31)30(18)12-17-6-9-33-17/h1-5,10-11,17,19H,6-9,12-14H2/t17?,19-/m1/s1. The Kier molecular flexibility index (Phi) is 5.80. The minimum atomic E-state index is -4.58. The van der Waals surface area contributed by atoms with Gasteiger partial charge >= 0.3 is 12.3 Å². The van der Waals surface area contributed by atoms with E-state index in [1.54, 1.807) is 4.90 Å². The lowest BCUT2D eigenvalue weighted by Crippen LogP contribution is -2.64. The van der Waals surface area contributed by atoms with Crippen LogP contribution >= 0.6 is 0 Å². The van der Waals surface area contributed by atoms with Crippen LogP contribution < -0.4 is 9.80 Å². The van der Waals surface area contributed by atoms with E-state index in [9.17, 15) is 22.8 Å². The number of pyridine rings is 1. The van der Waals surface area contributed by atoms with Gasteiger partial charge in [0.05, 0.1) is 30.4 Å². The van der Waals surface area contributed by atoms with E-state index in [1.807, 2.05) is 30.3 Å². The predicted octanol–water partition coefficient (Wildman–Crippen LogP) is 3.06. The van der Waals surface area contributed by atoms with Gasteiger partial charge in [0.25, 0.3) is 5.91 Å². The van der Waals surface area contributed by atoms with Crippen molar-refractivity contribution >= 4 is 23.5 Å². The first-order valence-electron chi connectivity index (χ1n) is 11.0. The average Bonchev–Trinajstić information content (AvgIpc) is 2.81. The van der Waals surface area contributed by atoms with Crippen molar-refractivity contribution in [3.63, 3.8) is 0 Å². The molecule has 3 aliphatic rings. The molecule has 180 valence electrons. The third kappa shape index (κ3) is 4.27. The highest BCUT2D eigenvalue weighted by atomic mass is 19.4. The molecule has 4 heterocycles. The van der Waals surface area contributed by atoms with Crippen LogP contribution in [0.3, 0.4) is 0 Å². The number of hydrogen-bond acceptors (Lipinski definition) is 6. The van der Waals surface area contributed by atoms with E-state index in [2.05, 4.69) is 4.98 Å². The first-order valence-corrected chi connectivity index (χ1v) is 11.0. The van der Waals surface area contributed by atoms with Gasteiger partial charge < -0.3 is 24.2 Å². The number of amides is 2. The highest BCUT2D eigenvalue weighted by Crippen LogP contribution is 2.40. The lowest BCUT2D eigenvalue weighted by molar-refractivity contribution is -0.138. The number of piperazine rings is 1. The van der Waals surface area contributed by atoms with E-state index in [0.29, 0.717) is 12.4 Å². The van der Waals surface area contributed by atoms with Gasteiger partial charge in [-0.15, -0.1) is 0 Å². The molecule has 0 radical (unpaired) electrons. The summed E-state index contributed by atoms with van der Waals surface area (Å²) >= 11 is 0. The van der Waals surface area contributed by atoms with Gasteiger partial charge in [0.15, 0.2) is 5.82 Å². The molecular weight excluding hydrogens is 453 g/mol. The molecule has 0 saturated carbocycles. The molecule has 0 spiro atoms. The Morgan fingerprint density at radius 1 is 1.21 bits per heavy atom. The van der Waals surface area contributed by atoms with E-state index in [1.165, 1.54) is 9.80 Å². The summed E-state index contributed by atoms with van der Waals surface area (Å²) in [6.07, 6.45) is -3.87. The number of ether oxygens (including phenoxy) is 2. The predicted molar refractivity (Wildman–Crippen MR) is 115 cm³/mol. The smallest absolute Gasteiger partial charge is 0.417 e. The molecule has 11 heteroatoms. The maximum absolute atomic E-state index is 13.4. The van der Waals surface area contributed by atoms with Gasteiger partial charge in [-0.1, -0.05) is 30.3 Å². The summed E-state index contributed by atoms with van der Waals surface area (Å²) in [5.74, 6) is -0.0843. The minimum absolute atomic E-state index is 0.0522. The third-order valence-electron chi connectivity index (χ3n) is 6.31. The Bertz CT molecular complexity index is 1080. The highest BCUT2D eigenvalue weighted by Gasteiger charge is 2.45. The van der Waals surface area contributed by atoms with Crippen molar-refractivity contribution in [1.82, 2.24) is 9.88 Å². The van der Waals surface area contributed by atoms with Crippen LogP contribution in [0.1, 0.15) is 17.5 Å². The molecule has 1 aromatic carbocycles. The van der Waals surface area contributed by atoms with E-state index in [-0.39, 0.29) is 50.5 Å². The van der Waals surface area contributed by atoms with Crippen molar-refractivity contribution in [3.8, 4) is 0 Å². The molecule has 0 bridgehead atoms. The second-order valence-electron chi connectivity index (χ2n) is 8.49. The summed E-state index contributed by atoms with van der Waals surface area (Å²) < 4.78 is 50.9. The molecule has 2 fully saturated rings. The van der Waals surface area contributed by atoms with E-state index >= 15 is 0 Å². The Morgan fingerprint density at radius 2 is 1.97 bits per heavy atom. The first kappa shape index (κ1) is 22.5. The Morgan fingerprint density at radius 3 is 2.65 bits per heavy atom. The van der Waals surface area contributed by atoms with Crippen molar-refractivity contribution in [3.05, 3.63) is 53.7 Å². The molecule has 1 aromatic heterocycles. The van der Waals surface area contributed by atoms with Crippen molar-refractivity contribution in [2.75, 3.05) is 42.6 Å². The zero-order chi connectivity index (χ0) is 23.9. The van der Waals surface area contributed by atoms with Crippen LogP contribution in [-0.4, -0.2) is 66.8 Å². The molecule has 3 aliphatic heterocycles. The number of hydrogen-bond donors (Lipinski definition) is 0. The van der Waals surface area contributed by atoms with Crippen LogP contribution in [-0.2, 0) is 27.1 Å². The SMILES string of the molecule is O=C(OCc1ccccc1)N1CCN2c3ncc(C(F)(F)F)cc3N(CC3CCO3)C(=O)[C@H]2C1. The van der Waals surface area contributed by atoms with Gasteiger partial charge in [-0.05, 0) is 18.1 Å². The number of alkyl halides is 3. The zero-order valence-electron chi connectivity index (χ0n) is 18.2. The molecule has 0 aliphatic carbocycles. The molecule has 2 amide bonds. The summed E-state index contributed by atoms with van der Waals surface area (Å²) in [6.45, 7) is 1.35. The molecule has 5 rings (SSSR count). The summed E-state index contributed by atoms with van der Waals surface area (Å²) in [4.78, 5) is 34.7. The quantitative estimate of drug-likeness (QED) is 0.676. The van der Waals surface area contributed by atoms with Gasteiger partial charge in [0, 0.05) is 25.9 Å². The fraction of sp³-hybridized carbons (Fsp3) is 0.435. The summed E-state index contributed by atoms with van der Waals surface area (Å²) in [6, 6.07) is 9.44. The zero-order valence-corrected chi connectivity index (χ0v) is 18.2. The number of nitrogens with zero attached hydrogens (tertiary/aromatic N) is 4. The second kappa shape index (κ2) is 8.79. The van der Waals surface area contributed by atoms with Crippen molar-refractivity contribution in [2.24, 2.45) is 0 Å². The van der Waals surface area contributed by atoms with Crippen LogP contribution in [0, 0.1) is 0 Å². The topological polar surface area (TPSA) is 75.2 Å². The molecule has 34 heavy (non-hydrogen) atoms. The number of fused-ring (bicyclic) bond motifs is 3. The van der Waals surface area contributed by atoms with Crippen LogP contribution in [0.5, 0.6) is 0 Å². The Labute approximate surface area is 193 Å². The minimum Gasteiger partial charge on any atom is -0.445 e. The average molecular weight is 476 g/mol. The monoisotopic (exact) mass is 476 g/mol. The van der Waals surface area contributed by atoms with Crippen LogP contribution in [0.2, 0.25) is 0 Å². The summed E-state index contributed by atoms with van der Waals surface area (Å²) in [7, 11) is 0. The maximum Gasteiger partial charge on any atom is 0.417 e. The van der Waals surface area contributed by atoms with Crippen molar-refractivity contribution in [1.29, 1.82) is 0 Å². The van der Waals surface area contributed by atoms with Gasteiger partial charge in [0.1, 0.15) is 12.6 Å². The number of halogens is 3. The van der Waals surface area contributed by atoms with Gasteiger partial charge in [-0.2, -0.15) is 13.2 Å². The Hall–Kier alpha value is -3.34. The number of carbonyl (C=O) groups is 2. The summed E-state index contributed by atoms with van der Waals surface area (Å²) in [5.41, 5.74) is 0.0420. The van der Waals surface area contributed by atoms with Gasteiger partial charge in [-0.25, -0.2) is 9.78 Å². The number of aromatic nitrogens is 1. The van der Waals surface area contributed by atoms with Crippen molar-refractivity contribution in [2.45, 2.75) is 31.3 Å². The van der Waals surface area contributed by atoms with Crippen LogP contribution in [0.4, 0.5) is 29.5 Å². The number of anilines is 2. The molecule has 2 atom stereocenters. The molecule has 1 unspecified atom stereocenters. The summed E-state index contributed by atoms with van der Waals surface area (Å²) in [5, 5.41) is 0. The van der Waals surface area contributed by atoms with Crippen LogP contribution in [0.25, 0.3) is 0 Å². The molecule has 2 saturated heterocycles. The fourth-order valence-corrected chi connectivity index (χ4v) is 4.36. The van der Waals surface area contributed by atoms with E-state index in [0.717, 1.165) is 24.2 Å². The first-order chi connectivity index (χ1) is 16.3. The number of benzene rings is 1. The molecule has 0 N–H and O–H groups in total. The molecule has 2 aromatic rings. The Balaban J connectivity index is 1.37. The normalized spacial score (nSPS) is 22.1. The fourth-order valence-electron chi connectivity index (χ4n) is 4.36. The van der Waals surface area contributed by atoms with Crippen LogP contribution in [0.15, 0.2) is 42.6 Å². The lowest BCUT2D eigenvalue weighted by Gasteiger charge is -2.47. The number of rotatable bonds is 4. The second-order valence-corrected chi connectivity index (χ2v) is 8.49. The van der Waals surface area contributed by atoms with Gasteiger partial charge in [0.2, 0.25) is 0 Å². The van der Waals surface area contributed by atoms with Gasteiger partial charge in [-0.3, -0.25) is 4.79 Å². The van der Waals surface area contributed by atoms with E-state index < -0.39 is 23.9 Å².